The molecule has 0 aliphatic heterocycles. The lowest BCUT2D eigenvalue weighted by atomic mass is 10.1. The first-order valence-corrected chi connectivity index (χ1v) is 4.99. The van der Waals surface area contributed by atoms with Crippen LogP contribution in [0.3, 0.4) is 0 Å². The molecule has 0 saturated carbocycles. The van der Waals surface area contributed by atoms with Crippen molar-refractivity contribution in [2.75, 3.05) is 0 Å². The summed E-state index contributed by atoms with van der Waals surface area (Å²) in [6.45, 7) is 3.58. The van der Waals surface area contributed by atoms with Crippen molar-refractivity contribution in [3.63, 3.8) is 0 Å². The highest BCUT2D eigenvalue weighted by molar-refractivity contribution is 5.49. The van der Waals surface area contributed by atoms with Gasteiger partial charge in [0.2, 0.25) is 0 Å². The van der Waals surface area contributed by atoms with Gasteiger partial charge in [0.25, 0.3) is 0 Å². The molecule has 1 aromatic carbocycles. The van der Waals surface area contributed by atoms with E-state index in [0.717, 1.165) is 30.5 Å². The van der Waals surface area contributed by atoms with Gasteiger partial charge in [-0.3, -0.25) is 0 Å². The maximum atomic E-state index is 12.2. The first-order valence-electron chi connectivity index (χ1n) is 4.99. The third-order valence-corrected chi connectivity index (χ3v) is 2.09. The number of hydrogen-bond acceptors (Lipinski definition) is 0. The van der Waals surface area contributed by atoms with Crippen molar-refractivity contribution in [1.29, 1.82) is 0 Å². The lowest BCUT2D eigenvalue weighted by molar-refractivity contribution is -0.137. The molecule has 0 unspecified atom stereocenters. The van der Waals surface area contributed by atoms with Crippen LogP contribution in [0.25, 0.3) is 6.08 Å². The minimum Gasteiger partial charge on any atom is -0.166 e. The minimum atomic E-state index is -4.26. The van der Waals surface area contributed by atoms with E-state index in [4.69, 9.17) is 0 Å². The Hall–Kier alpha value is -1.51. The zero-order valence-corrected chi connectivity index (χ0v) is 8.80. The van der Waals surface area contributed by atoms with E-state index in [2.05, 4.69) is 6.58 Å². The van der Waals surface area contributed by atoms with Crippen molar-refractivity contribution >= 4 is 6.08 Å². The normalized spacial score (nSPS) is 11.9. The highest BCUT2D eigenvalue weighted by Crippen LogP contribution is 2.29. The van der Waals surface area contributed by atoms with Gasteiger partial charge in [0.1, 0.15) is 0 Å². The zero-order chi connectivity index (χ0) is 12.0. The summed E-state index contributed by atoms with van der Waals surface area (Å²) in [5.74, 6) is 0. The van der Waals surface area contributed by atoms with Gasteiger partial charge in [0, 0.05) is 0 Å². The van der Waals surface area contributed by atoms with Crippen LogP contribution < -0.4 is 0 Å². The van der Waals surface area contributed by atoms with E-state index in [1.807, 2.05) is 12.2 Å². The number of benzene rings is 1. The van der Waals surface area contributed by atoms with Gasteiger partial charge in [0.05, 0.1) is 5.56 Å². The van der Waals surface area contributed by atoms with Crippen molar-refractivity contribution in [1.82, 2.24) is 0 Å². The lowest BCUT2D eigenvalue weighted by Gasteiger charge is -2.05. The van der Waals surface area contributed by atoms with Gasteiger partial charge in [-0.1, -0.05) is 30.4 Å². The second-order valence-corrected chi connectivity index (χ2v) is 3.39. The molecule has 0 nitrogen and oxygen atoms in total. The molecule has 16 heavy (non-hydrogen) atoms. The first-order chi connectivity index (χ1) is 7.54. The predicted octanol–water partition coefficient (Wildman–Crippen LogP) is 4.68. The van der Waals surface area contributed by atoms with Crippen LogP contribution in [0.15, 0.2) is 43.0 Å². The average Bonchev–Trinajstić information content (AvgIpc) is 2.24. The molecule has 0 bridgehead atoms. The number of hydrogen-bond donors (Lipinski definition) is 0. The Morgan fingerprint density at radius 1 is 1.06 bits per heavy atom. The summed E-state index contributed by atoms with van der Waals surface area (Å²) in [4.78, 5) is 0. The minimum absolute atomic E-state index is 0.615. The van der Waals surface area contributed by atoms with Crippen LogP contribution in [0.4, 0.5) is 13.2 Å². The summed E-state index contributed by atoms with van der Waals surface area (Å²) >= 11 is 0. The van der Waals surface area contributed by atoms with Crippen LogP contribution >= 0.6 is 0 Å². The van der Waals surface area contributed by atoms with E-state index in [0.29, 0.717) is 0 Å². The molecular formula is C13H13F3. The van der Waals surface area contributed by atoms with Gasteiger partial charge in [-0.25, -0.2) is 0 Å². The van der Waals surface area contributed by atoms with Gasteiger partial charge < -0.3 is 0 Å². The summed E-state index contributed by atoms with van der Waals surface area (Å²) in [5, 5.41) is 0. The quantitative estimate of drug-likeness (QED) is 0.516. The third-order valence-electron chi connectivity index (χ3n) is 2.09. The summed E-state index contributed by atoms with van der Waals surface area (Å²) in [5.41, 5.74) is 0.160. The van der Waals surface area contributed by atoms with E-state index in [9.17, 15) is 13.2 Å². The maximum absolute atomic E-state index is 12.2. The number of alkyl halides is 3. The van der Waals surface area contributed by atoms with Gasteiger partial charge in [-0.05, 0) is 30.5 Å². The smallest absolute Gasteiger partial charge is 0.166 e. The Balaban J connectivity index is 2.65. The zero-order valence-electron chi connectivity index (χ0n) is 8.80. The summed E-state index contributed by atoms with van der Waals surface area (Å²) in [6.07, 6.45) is 3.00. The van der Waals surface area contributed by atoms with Crippen LogP contribution in [-0.2, 0) is 6.18 Å². The average molecular weight is 226 g/mol. The molecule has 0 radical (unpaired) electrons. The van der Waals surface area contributed by atoms with Crippen molar-refractivity contribution in [3.8, 4) is 0 Å². The Morgan fingerprint density at radius 3 is 2.19 bits per heavy atom. The van der Waals surface area contributed by atoms with E-state index >= 15 is 0 Å². The van der Waals surface area contributed by atoms with E-state index in [-0.39, 0.29) is 0 Å². The molecule has 0 N–H and O–H groups in total. The number of unbranched alkanes of at least 4 members (excludes halogenated alkanes) is 1. The summed E-state index contributed by atoms with van der Waals surface area (Å²) in [7, 11) is 0. The predicted molar refractivity (Wildman–Crippen MR) is 59.9 cm³/mol. The molecule has 0 fully saturated rings. The van der Waals surface area contributed by atoms with Gasteiger partial charge in [-0.2, -0.15) is 13.2 Å². The van der Waals surface area contributed by atoms with E-state index in [1.54, 1.807) is 6.08 Å². The molecular weight excluding hydrogens is 213 g/mol. The fraction of sp³-hybridized carbons (Fsp3) is 0.231. The maximum Gasteiger partial charge on any atom is 0.416 e. The van der Waals surface area contributed by atoms with Gasteiger partial charge in [0.15, 0.2) is 0 Å². The topological polar surface area (TPSA) is 0 Å². The molecule has 0 spiro atoms. The largest absolute Gasteiger partial charge is 0.416 e. The summed E-state index contributed by atoms with van der Waals surface area (Å²) in [6, 6.07) is 5.11. The van der Waals surface area contributed by atoms with Crippen molar-refractivity contribution in [2.24, 2.45) is 0 Å². The molecule has 0 saturated heterocycles. The Morgan fingerprint density at radius 2 is 1.69 bits per heavy atom. The van der Waals surface area contributed by atoms with Crippen molar-refractivity contribution in [3.05, 3.63) is 54.1 Å². The van der Waals surface area contributed by atoms with Crippen molar-refractivity contribution in [2.45, 2.75) is 19.0 Å². The van der Waals surface area contributed by atoms with Crippen LogP contribution in [-0.4, -0.2) is 0 Å². The van der Waals surface area contributed by atoms with E-state index in [1.165, 1.54) is 12.1 Å². The third kappa shape index (κ3) is 3.93. The SMILES string of the molecule is C=CCC/C=C/c1ccc(C(F)(F)F)cc1. The van der Waals surface area contributed by atoms with Gasteiger partial charge in [-0.15, -0.1) is 6.58 Å². The molecule has 3 heteroatoms. The molecule has 86 valence electrons. The van der Waals surface area contributed by atoms with Crippen LogP contribution in [0.2, 0.25) is 0 Å². The van der Waals surface area contributed by atoms with Crippen LogP contribution in [0, 0.1) is 0 Å². The second-order valence-electron chi connectivity index (χ2n) is 3.39. The van der Waals surface area contributed by atoms with Crippen molar-refractivity contribution < 1.29 is 13.2 Å². The van der Waals surface area contributed by atoms with Gasteiger partial charge >= 0.3 is 6.18 Å². The standard InChI is InChI=1S/C13H13F3/c1-2-3-4-5-6-11-7-9-12(10-8-11)13(14,15)16/h2,5-10H,1,3-4H2/b6-5+. The summed E-state index contributed by atoms with van der Waals surface area (Å²) < 4.78 is 36.7. The monoisotopic (exact) mass is 226 g/mol. The Bertz CT molecular complexity index is 358. The molecule has 0 aliphatic rings. The molecule has 0 aliphatic carbocycles. The molecule has 1 aromatic rings. The fourth-order valence-electron chi connectivity index (χ4n) is 1.22. The van der Waals surface area contributed by atoms with Crippen LogP contribution in [0.1, 0.15) is 24.0 Å². The highest BCUT2D eigenvalue weighted by atomic mass is 19.4. The molecule has 0 heterocycles. The molecule has 0 atom stereocenters. The molecule has 0 amide bonds. The molecule has 1 rings (SSSR count). The molecule has 0 aromatic heterocycles. The number of rotatable bonds is 4. The van der Waals surface area contributed by atoms with Crippen LogP contribution in [0.5, 0.6) is 0 Å². The Kier molecular flexibility index (Phi) is 4.35. The fourth-order valence-corrected chi connectivity index (χ4v) is 1.22. The Labute approximate surface area is 93.1 Å². The highest BCUT2D eigenvalue weighted by Gasteiger charge is 2.29. The first kappa shape index (κ1) is 12.6. The second kappa shape index (κ2) is 5.54. The number of allylic oxidation sites excluding steroid dienone is 2. The lowest BCUT2D eigenvalue weighted by Crippen LogP contribution is -2.03. The van der Waals surface area contributed by atoms with E-state index < -0.39 is 11.7 Å². The number of halogens is 3.